The number of hydrogen-bond donors (Lipinski definition) is 0. The van der Waals surface area contributed by atoms with Crippen LogP contribution in [0.2, 0.25) is 0 Å². The van der Waals surface area contributed by atoms with Crippen LogP contribution in [0.25, 0.3) is 0 Å². The molecule has 1 saturated heterocycles. The third kappa shape index (κ3) is 7.03. The van der Waals surface area contributed by atoms with Crippen molar-refractivity contribution in [2.45, 2.75) is 71.2 Å². The van der Waals surface area contributed by atoms with Gasteiger partial charge in [0.15, 0.2) is 0 Å². The number of ether oxygens (including phenoxy) is 1. The number of piperidine rings is 1. The molecule has 0 aromatic heterocycles. The molecule has 2 unspecified atom stereocenters. The summed E-state index contributed by atoms with van der Waals surface area (Å²) in [5.74, 6) is 1.07. The van der Waals surface area contributed by atoms with Crippen LogP contribution in [0.1, 0.15) is 72.9 Å². The largest absolute Gasteiger partial charge is 0.488 e. The van der Waals surface area contributed by atoms with Crippen molar-refractivity contribution < 1.29 is 4.74 Å². The van der Waals surface area contributed by atoms with Gasteiger partial charge in [0, 0.05) is 23.7 Å². The third-order valence-electron chi connectivity index (χ3n) is 8.46. The smallest absolute Gasteiger partial charge is 0.127 e. The number of para-hydroxylation sites is 1. The topological polar surface area (TPSA) is 12.5 Å². The highest BCUT2D eigenvalue weighted by Crippen LogP contribution is 2.49. The molecule has 208 valence electrons. The van der Waals surface area contributed by atoms with Crippen LogP contribution in [0.5, 0.6) is 5.75 Å². The fourth-order valence-electron chi connectivity index (χ4n) is 5.89. The SMILES string of the molecule is CCC(C)(Pc1c(C)cccc1CN1CCCCC1)c1cccc(Cc2ccccc2)c1OCc1ccccc1. The van der Waals surface area contributed by atoms with E-state index in [1.54, 1.807) is 5.30 Å². The second-order valence-corrected chi connectivity index (χ2v) is 13.3. The van der Waals surface area contributed by atoms with Crippen LogP contribution in [0.15, 0.2) is 97.1 Å². The van der Waals surface area contributed by atoms with Gasteiger partial charge in [0.1, 0.15) is 12.4 Å². The van der Waals surface area contributed by atoms with Gasteiger partial charge in [-0.1, -0.05) is 126 Å². The lowest BCUT2D eigenvalue weighted by Gasteiger charge is -2.34. The lowest BCUT2D eigenvalue weighted by atomic mass is 9.92. The van der Waals surface area contributed by atoms with Crippen LogP contribution in [0, 0.1) is 6.92 Å². The van der Waals surface area contributed by atoms with Gasteiger partial charge in [-0.05, 0) is 72.4 Å². The Morgan fingerprint density at radius 3 is 2.10 bits per heavy atom. The number of likely N-dealkylation sites (tertiary alicyclic amines) is 1. The van der Waals surface area contributed by atoms with E-state index in [-0.39, 0.29) is 5.16 Å². The van der Waals surface area contributed by atoms with Crippen molar-refractivity contribution in [3.8, 4) is 5.75 Å². The normalized spacial score (nSPS) is 15.8. The number of rotatable bonds is 11. The molecule has 0 aliphatic carbocycles. The Bertz CT molecular complexity index is 1360. The molecule has 0 bridgehead atoms. The summed E-state index contributed by atoms with van der Waals surface area (Å²) >= 11 is 0. The van der Waals surface area contributed by atoms with E-state index in [1.807, 2.05) is 0 Å². The van der Waals surface area contributed by atoms with Gasteiger partial charge in [-0.3, -0.25) is 4.90 Å². The molecule has 0 saturated carbocycles. The maximum Gasteiger partial charge on any atom is 0.127 e. The second kappa shape index (κ2) is 13.6. The molecule has 1 heterocycles. The quantitative estimate of drug-likeness (QED) is 0.173. The standard InChI is InChI=1S/C37H44NOP/c1-4-37(3,40-36-29(2)16-14-22-33(36)27-38-24-12-7-13-25-38)34-23-15-21-32(26-30-17-8-5-9-18-30)35(34)39-28-31-19-10-6-11-20-31/h5-6,8-11,14-23,40H,4,7,12-13,24-28H2,1-3H3. The van der Waals surface area contributed by atoms with Gasteiger partial charge in [0.25, 0.3) is 0 Å². The minimum Gasteiger partial charge on any atom is -0.488 e. The zero-order valence-corrected chi connectivity index (χ0v) is 25.5. The molecular formula is C37H44NOP. The highest BCUT2D eigenvalue weighted by Gasteiger charge is 2.31. The van der Waals surface area contributed by atoms with Gasteiger partial charge in [0.2, 0.25) is 0 Å². The molecule has 2 atom stereocenters. The molecule has 0 amide bonds. The molecule has 3 heteroatoms. The molecule has 0 spiro atoms. The highest BCUT2D eigenvalue weighted by molar-refractivity contribution is 7.48. The van der Waals surface area contributed by atoms with Crippen LogP contribution in [0.4, 0.5) is 0 Å². The van der Waals surface area contributed by atoms with Crippen molar-refractivity contribution >= 4 is 13.9 Å². The van der Waals surface area contributed by atoms with Gasteiger partial charge in [-0.15, -0.1) is 0 Å². The molecule has 1 aliphatic rings. The number of benzene rings is 4. The first-order valence-corrected chi connectivity index (χ1v) is 16.0. The summed E-state index contributed by atoms with van der Waals surface area (Å²) in [6, 6.07) is 35.1. The third-order valence-corrected chi connectivity index (χ3v) is 10.6. The first-order valence-electron chi connectivity index (χ1n) is 15.0. The van der Waals surface area contributed by atoms with E-state index in [1.165, 1.54) is 65.7 Å². The monoisotopic (exact) mass is 549 g/mol. The minimum atomic E-state index is -0.0263. The Morgan fingerprint density at radius 2 is 1.40 bits per heavy atom. The summed E-state index contributed by atoms with van der Waals surface area (Å²) in [7, 11) is 0.670. The molecule has 0 radical (unpaired) electrons. The molecule has 1 aliphatic heterocycles. The number of aryl methyl sites for hydroxylation is 1. The zero-order chi connectivity index (χ0) is 27.8. The fourth-order valence-corrected chi connectivity index (χ4v) is 7.56. The predicted molar refractivity (Wildman–Crippen MR) is 172 cm³/mol. The van der Waals surface area contributed by atoms with Crippen molar-refractivity contribution in [1.82, 2.24) is 4.90 Å². The van der Waals surface area contributed by atoms with E-state index in [4.69, 9.17) is 4.74 Å². The number of nitrogens with zero attached hydrogens (tertiary/aromatic N) is 1. The predicted octanol–water partition coefficient (Wildman–Crippen LogP) is 8.78. The van der Waals surface area contributed by atoms with Crippen molar-refractivity contribution in [3.05, 3.63) is 130 Å². The van der Waals surface area contributed by atoms with E-state index in [9.17, 15) is 0 Å². The van der Waals surface area contributed by atoms with E-state index in [2.05, 4.69) is 123 Å². The molecule has 4 aromatic carbocycles. The summed E-state index contributed by atoms with van der Waals surface area (Å²) in [5, 5.41) is 1.52. The van der Waals surface area contributed by atoms with Crippen molar-refractivity contribution in [2.24, 2.45) is 0 Å². The Kier molecular flexibility index (Phi) is 9.74. The molecule has 1 fully saturated rings. The van der Waals surface area contributed by atoms with Crippen LogP contribution in [0.3, 0.4) is 0 Å². The summed E-state index contributed by atoms with van der Waals surface area (Å²) in [6.45, 7) is 11.2. The van der Waals surface area contributed by atoms with E-state index < -0.39 is 0 Å². The van der Waals surface area contributed by atoms with Crippen molar-refractivity contribution in [2.75, 3.05) is 13.1 Å². The average molecular weight is 550 g/mol. The fraction of sp³-hybridized carbons (Fsp3) is 0.351. The summed E-state index contributed by atoms with van der Waals surface area (Å²) in [4.78, 5) is 2.66. The molecule has 4 aromatic rings. The van der Waals surface area contributed by atoms with E-state index in [0.29, 0.717) is 15.2 Å². The maximum atomic E-state index is 6.79. The molecule has 0 N–H and O–H groups in total. The van der Waals surface area contributed by atoms with Gasteiger partial charge < -0.3 is 4.74 Å². The van der Waals surface area contributed by atoms with Crippen LogP contribution >= 0.6 is 8.58 Å². The van der Waals surface area contributed by atoms with Crippen molar-refractivity contribution in [3.63, 3.8) is 0 Å². The average Bonchev–Trinajstić information content (AvgIpc) is 2.99. The zero-order valence-electron chi connectivity index (χ0n) is 24.5. The van der Waals surface area contributed by atoms with Gasteiger partial charge >= 0.3 is 0 Å². The van der Waals surface area contributed by atoms with E-state index in [0.717, 1.165) is 25.1 Å². The first kappa shape index (κ1) is 28.6. The summed E-state index contributed by atoms with van der Waals surface area (Å²) in [5.41, 5.74) is 8.04. The lowest BCUT2D eigenvalue weighted by molar-refractivity contribution is 0.221. The van der Waals surface area contributed by atoms with Gasteiger partial charge in [0.05, 0.1) is 0 Å². The molecule has 40 heavy (non-hydrogen) atoms. The van der Waals surface area contributed by atoms with Crippen LogP contribution < -0.4 is 10.0 Å². The van der Waals surface area contributed by atoms with Crippen molar-refractivity contribution in [1.29, 1.82) is 0 Å². The van der Waals surface area contributed by atoms with Gasteiger partial charge in [-0.25, -0.2) is 0 Å². The lowest BCUT2D eigenvalue weighted by Crippen LogP contribution is -2.31. The Hall–Kier alpha value is -2.93. The summed E-state index contributed by atoms with van der Waals surface area (Å²) in [6.07, 6.45) is 5.95. The van der Waals surface area contributed by atoms with Crippen LogP contribution in [-0.2, 0) is 24.7 Å². The Balaban J connectivity index is 1.51. The van der Waals surface area contributed by atoms with E-state index >= 15 is 0 Å². The first-order chi connectivity index (χ1) is 19.6. The minimum absolute atomic E-state index is 0.0263. The Morgan fingerprint density at radius 1 is 0.750 bits per heavy atom. The van der Waals surface area contributed by atoms with Gasteiger partial charge in [-0.2, -0.15) is 0 Å². The molecular weight excluding hydrogens is 505 g/mol. The molecule has 5 rings (SSSR count). The number of hydrogen-bond acceptors (Lipinski definition) is 2. The Labute approximate surface area is 243 Å². The molecule has 2 nitrogen and oxygen atoms in total. The highest BCUT2D eigenvalue weighted by atomic mass is 31.1. The summed E-state index contributed by atoms with van der Waals surface area (Å²) < 4.78 is 6.79. The maximum absolute atomic E-state index is 6.79. The second-order valence-electron chi connectivity index (χ2n) is 11.5. The van der Waals surface area contributed by atoms with Crippen LogP contribution in [-0.4, -0.2) is 18.0 Å².